The van der Waals surface area contributed by atoms with Gasteiger partial charge in [0.15, 0.2) is 6.29 Å². The number of nitrogens with zero attached hydrogens (tertiary/aromatic N) is 2. The number of aryl methyl sites for hydroxylation is 1. The van der Waals surface area contributed by atoms with E-state index in [0.717, 1.165) is 19.3 Å². The van der Waals surface area contributed by atoms with Crippen molar-refractivity contribution in [1.82, 2.24) is 9.78 Å². The Hall–Kier alpha value is -1.12. The van der Waals surface area contributed by atoms with Crippen LogP contribution in [0.25, 0.3) is 0 Å². The molecule has 0 fully saturated rings. The molecule has 0 aliphatic carbocycles. The van der Waals surface area contributed by atoms with Crippen molar-refractivity contribution in [3.63, 3.8) is 0 Å². The Labute approximate surface area is 104 Å². The fourth-order valence-electron chi connectivity index (χ4n) is 1.97. The van der Waals surface area contributed by atoms with Gasteiger partial charge in [0.25, 0.3) is 0 Å². The summed E-state index contributed by atoms with van der Waals surface area (Å²) in [6, 6.07) is 0. The molecule has 0 atom stereocenters. The van der Waals surface area contributed by atoms with E-state index >= 15 is 0 Å². The van der Waals surface area contributed by atoms with E-state index in [-0.39, 0.29) is 0 Å². The van der Waals surface area contributed by atoms with Crippen LogP contribution in [0.1, 0.15) is 68.6 Å². The smallest absolute Gasteiger partial charge is 0.153 e. The van der Waals surface area contributed by atoms with E-state index in [4.69, 9.17) is 0 Å². The molecule has 0 bridgehead atoms. The Kier molecular flexibility index (Phi) is 7.35. The first-order valence-electron chi connectivity index (χ1n) is 6.84. The molecule has 0 saturated heterocycles. The van der Waals surface area contributed by atoms with Crippen molar-refractivity contribution in [1.29, 1.82) is 0 Å². The maximum Gasteiger partial charge on any atom is 0.153 e. The van der Waals surface area contributed by atoms with Gasteiger partial charge in [0.05, 0.1) is 11.8 Å². The number of hydrogen-bond acceptors (Lipinski definition) is 2. The molecule has 0 aliphatic heterocycles. The van der Waals surface area contributed by atoms with Crippen molar-refractivity contribution in [2.75, 3.05) is 0 Å². The van der Waals surface area contributed by atoms with E-state index in [2.05, 4.69) is 12.0 Å². The highest BCUT2D eigenvalue weighted by Gasteiger charge is 1.96. The molecule has 0 aromatic carbocycles. The molecule has 0 N–H and O–H groups in total. The van der Waals surface area contributed by atoms with Crippen LogP contribution in [0.4, 0.5) is 0 Å². The molecule has 0 spiro atoms. The molecule has 96 valence electrons. The topological polar surface area (TPSA) is 34.9 Å². The standard InChI is InChI=1S/C14H24N2O/c1-2-3-4-5-6-7-8-9-10-16-12-14(13-17)11-15-16/h11-13H,2-10H2,1H3. The molecule has 1 heterocycles. The number of unbranched alkanes of at least 4 members (excludes halogenated alkanes) is 7. The molecule has 3 heteroatoms. The summed E-state index contributed by atoms with van der Waals surface area (Å²) in [7, 11) is 0. The van der Waals surface area contributed by atoms with E-state index in [1.54, 1.807) is 6.20 Å². The lowest BCUT2D eigenvalue weighted by Gasteiger charge is -2.02. The van der Waals surface area contributed by atoms with Gasteiger partial charge in [-0.1, -0.05) is 51.9 Å². The zero-order valence-electron chi connectivity index (χ0n) is 10.9. The molecule has 1 rings (SSSR count). The number of hydrogen-bond donors (Lipinski definition) is 0. The number of aldehydes is 1. The minimum atomic E-state index is 0.671. The first-order valence-corrected chi connectivity index (χ1v) is 6.84. The zero-order chi connectivity index (χ0) is 12.3. The summed E-state index contributed by atoms with van der Waals surface area (Å²) in [5.74, 6) is 0. The second kappa shape index (κ2) is 8.97. The minimum Gasteiger partial charge on any atom is -0.298 e. The number of carbonyl (C=O) groups excluding carboxylic acids is 1. The maximum atomic E-state index is 10.5. The third-order valence-corrected chi connectivity index (χ3v) is 3.03. The van der Waals surface area contributed by atoms with Gasteiger partial charge in [-0.05, 0) is 6.42 Å². The summed E-state index contributed by atoms with van der Waals surface area (Å²) in [6.45, 7) is 3.18. The van der Waals surface area contributed by atoms with E-state index < -0.39 is 0 Å². The highest BCUT2D eigenvalue weighted by Crippen LogP contribution is 2.09. The van der Waals surface area contributed by atoms with Crippen molar-refractivity contribution in [2.24, 2.45) is 0 Å². The average Bonchev–Trinajstić information content (AvgIpc) is 2.80. The van der Waals surface area contributed by atoms with Gasteiger partial charge >= 0.3 is 0 Å². The largest absolute Gasteiger partial charge is 0.298 e. The van der Waals surface area contributed by atoms with E-state index in [1.165, 1.54) is 44.9 Å². The quantitative estimate of drug-likeness (QED) is 0.457. The lowest BCUT2D eigenvalue weighted by Crippen LogP contribution is -1.98. The number of rotatable bonds is 10. The van der Waals surface area contributed by atoms with Crippen LogP contribution in [0.15, 0.2) is 12.4 Å². The van der Waals surface area contributed by atoms with Crippen LogP contribution < -0.4 is 0 Å². The van der Waals surface area contributed by atoms with Crippen LogP contribution >= 0.6 is 0 Å². The fraction of sp³-hybridized carbons (Fsp3) is 0.714. The third kappa shape index (κ3) is 6.25. The van der Waals surface area contributed by atoms with Crippen molar-refractivity contribution in [3.05, 3.63) is 18.0 Å². The summed E-state index contributed by atoms with van der Waals surface area (Å²) in [5, 5.41) is 4.13. The van der Waals surface area contributed by atoms with E-state index in [9.17, 15) is 4.79 Å². The molecule has 1 aromatic heterocycles. The lowest BCUT2D eigenvalue weighted by molar-refractivity contribution is 0.112. The van der Waals surface area contributed by atoms with E-state index in [0.29, 0.717) is 5.56 Å². The minimum absolute atomic E-state index is 0.671. The fourth-order valence-corrected chi connectivity index (χ4v) is 1.97. The molecule has 17 heavy (non-hydrogen) atoms. The van der Waals surface area contributed by atoms with Crippen LogP contribution in [-0.4, -0.2) is 16.1 Å². The van der Waals surface area contributed by atoms with Crippen molar-refractivity contribution < 1.29 is 4.79 Å². The summed E-state index contributed by atoms with van der Waals surface area (Å²) in [6.07, 6.45) is 14.9. The van der Waals surface area contributed by atoms with Gasteiger partial charge in [0.2, 0.25) is 0 Å². The van der Waals surface area contributed by atoms with Crippen LogP contribution in [0.2, 0.25) is 0 Å². The molecule has 0 radical (unpaired) electrons. The van der Waals surface area contributed by atoms with Crippen LogP contribution in [0.3, 0.4) is 0 Å². The van der Waals surface area contributed by atoms with Gasteiger partial charge in [0.1, 0.15) is 0 Å². The molecule has 0 saturated carbocycles. The molecular formula is C14H24N2O. The molecule has 3 nitrogen and oxygen atoms in total. The predicted molar refractivity (Wildman–Crippen MR) is 70.2 cm³/mol. The first kappa shape index (κ1) is 13.9. The average molecular weight is 236 g/mol. The van der Waals surface area contributed by atoms with Gasteiger partial charge in [-0.2, -0.15) is 5.10 Å². The SMILES string of the molecule is CCCCCCCCCCn1cc(C=O)cn1. The highest BCUT2D eigenvalue weighted by molar-refractivity contribution is 5.73. The number of aromatic nitrogens is 2. The van der Waals surface area contributed by atoms with E-state index in [1.807, 2.05) is 10.9 Å². The Balaban J connectivity index is 1.95. The maximum absolute atomic E-state index is 10.5. The van der Waals surface area contributed by atoms with Gasteiger partial charge in [-0.15, -0.1) is 0 Å². The van der Waals surface area contributed by atoms with Crippen molar-refractivity contribution in [3.8, 4) is 0 Å². The van der Waals surface area contributed by atoms with Gasteiger partial charge < -0.3 is 0 Å². The zero-order valence-corrected chi connectivity index (χ0v) is 10.9. The second-order valence-electron chi connectivity index (χ2n) is 4.63. The summed E-state index contributed by atoms with van der Waals surface area (Å²) in [4.78, 5) is 10.5. The van der Waals surface area contributed by atoms with Crippen LogP contribution in [-0.2, 0) is 6.54 Å². The van der Waals surface area contributed by atoms with Crippen LogP contribution in [0, 0.1) is 0 Å². The second-order valence-corrected chi connectivity index (χ2v) is 4.63. The Morgan fingerprint density at radius 2 is 1.76 bits per heavy atom. The molecule has 1 aromatic rings. The summed E-state index contributed by atoms with van der Waals surface area (Å²) >= 11 is 0. The predicted octanol–water partition coefficient (Wildman–Crippen LogP) is 3.84. The summed E-state index contributed by atoms with van der Waals surface area (Å²) in [5.41, 5.74) is 0.671. The summed E-state index contributed by atoms with van der Waals surface area (Å²) < 4.78 is 1.86. The normalized spacial score (nSPS) is 10.6. The van der Waals surface area contributed by atoms with Gasteiger partial charge in [-0.3, -0.25) is 9.48 Å². The Morgan fingerprint density at radius 1 is 1.12 bits per heavy atom. The van der Waals surface area contributed by atoms with Crippen LogP contribution in [0.5, 0.6) is 0 Å². The van der Waals surface area contributed by atoms with Gasteiger partial charge in [-0.25, -0.2) is 0 Å². The molecular weight excluding hydrogens is 212 g/mol. The number of carbonyl (C=O) groups is 1. The third-order valence-electron chi connectivity index (χ3n) is 3.03. The molecule has 0 unspecified atom stereocenters. The lowest BCUT2D eigenvalue weighted by atomic mass is 10.1. The first-order chi connectivity index (χ1) is 8.36. The van der Waals surface area contributed by atoms with Gasteiger partial charge in [0, 0.05) is 12.7 Å². The molecule has 0 amide bonds. The monoisotopic (exact) mass is 236 g/mol. The van der Waals surface area contributed by atoms with Crippen molar-refractivity contribution >= 4 is 6.29 Å². The van der Waals surface area contributed by atoms with Crippen molar-refractivity contribution in [2.45, 2.75) is 64.8 Å². The molecule has 0 aliphatic rings. The Morgan fingerprint density at radius 3 is 2.35 bits per heavy atom. The highest BCUT2D eigenvalue weighted by atomic mass is 16.1. The Bertz CT molecular complexity index is 307.